The Hall–Kier alpha value is -0.530. The van der Waals surface area contributed by atoms with E-state index < -0.39 is 0 Å². The van der Waals surface area contributed by atoms with Gasteiger partial charge < -0.3 is 4.90 Å². The number of carbonyl (C=O) groups excluding carboxylic acids is 1. The van der Waals surface area contributed by atoms with Crippen LogP contribution in [0.4, 0.5) is 0 Å². The van der Waals surface area contributed by atoms with Gasteiger partial charge in [-0.3, -0.25) is 4.79 Å². The second-order valence-corrected chi connectivity index (χ2v) is 2.92. The molecule has 0 aromatic rings. The first kappa shape index (κ1) is 5.60. The monoisotopic (exact) mass is 113 g/mol. The van der Waals surface area contributed by atoms with Crippen molar-refractivity contribution in [1.82, 2.24) is 4.90 Å². The van der Waals surface area contributed by atoms with Crippen molar-refractivity contribution in [2.45, 2.75) is 26.3 Å². The van der Waals surface area contributed by atoms with Crippen LogP contribution in [0.2, 0.25) is 0 Å². The van der Waals surface area contributed by atoms with Crippen molar-refractivity contribution in [1.29, 1.82) is 0 Å². The van der Waals surface area contributed by atoms with E-state index in [0.29, 0.717) is 0 Å². The summed E-state index contributed by atoms with van der Waals surface area (Å²) in [6.45, 7) is 6.67. The molecule has 0 bridgehead atoms. The Morgan fingerprint density at radius 2 is 2.00 bits per heavy atom. The summed E-state index contributed by atoms with van der Waals surface area (Å²) in [6, 6.07) is 0. The molecule has 0 unspecified atom stereocenters. The molecule has 46 valence electrons. The van der Waals surface area contributed by atoms with Crippen molar-refractivity contribution < 1.29 is 4.79 Å². The highest BCUT2D eigenvalue weighted by Gasteiger charge is 2.44. The molecule has 1 fully saturated rings. The number of nitrogens with zero attached hydrogens (tertiary/aromatic N) is 1. The number of rotatable bonds is 0. The second kappa shape index (κ2) is 1.24. The molecule has 8 heavy (non-hydrogen) atoms. The van der Waals surface area contributed by atoms with Crippen molar-refractivity contribution in [2.24, 2.45) is 0 Å². The molecule has 0 aliphatic carbocycles. The molecular formula is C6H11NO. The van der Waals surface area contributed by atoms with Gasteiger partial charge in [0.25, 0.3) is 0 Å². The van der Waals surface area contributed by atoms with Crippen LogP contribution in [0, 0.1) is 0 Å². The third kappa shape index (κ3) is 0.703. The van der Waals surface area contributed by atoms with Crippen LogP contribution in [-0.2, 0) is 4.79 Å². The SMILES string of the molecule is CC(=O)N1CC1(C)C. The molecule has 1 aliphatic heterocycles. The lowest BCUT2D eigenvalue weighted by Crippen LogP contribution is -2.13. The van der Waals surface area contributed by atoms with Crippen LogP contribution in [0.1, 0.15) is 20.8 Å². The first-order valence-corrected chi connectivity index (χ1v) is 2.82. The molecule has 1 aliphatic rings. The van der Waals surface area contributed by atoms with Gasteiger partial charge in [-0.2, -0.15) is 0 Å². The van der Waals surface area contributed by atoms with Gasteiger partial charge in [-0.25, -0.2) is 0 Å². The van der Waals surface area contributed by atoms with Gasteiger partial charge in [0.2, 0.25) is 5.91 Å². The number of carbonyl (C=O) groups is 1. The van der Waals surface area contributed by atoms with Crippen LogP contribution in [0.3, 0.4) is 0 Å². The minimum atomic E-state index is 0.172. The van der Waals surface area contributed by atoms with Gasteiger partial charge in [0, 0.05) is 13.5 Å². The lowest BCUT2D eigenvalue weighted by atomic mass is 10.2. The van der Waals surface area contributed by atoms with Gasteiger partial charge >= 0.3 is 0 Å². The summed E-state index contributed by atoms with van der Waals surface area (Å²) < 4.78 is 0. The first-order valence-electron chi connectivity index (χ1n) is 2.82. The highest BCUT2D eigenvalue weighted by atomic mass is 16.2. The molecule has 1 heterocycles. The average molecular weight is 113 g/mol. The lowest BCUT2D eigenvalue weighted by Gasteiger charge is -2.00. The maximum atomic E-state index is 10.5. The van der Waals surface area contributed by atoms with Gasteiger partial charge in [0.15, 0.2) is 0 Å². The van der Waals surface area contributed by atoms with E-state index in [1.54, 1.807) is 6.92 Å². The summed E-state index contributed by atoms with van der Waals surface area (Å²) in [4.78, 5) is 12.4. The molecule has 1 saturated heterocycles. The number of hydrogen-bond donors (Lipinski definition) is 0. The Labute approximate surface area is 49.5 Å². The largest absolute Gasteiger partial charge is 0.334 e. The summed E-state index contributed by atoms with van der Waals surface area (Å²) in [6.07, 6.45) is 0. The van der Waals surface area contributed by atoms with E-state index in [4.69, 9.17) is 0 Å². The Balaban J connectivity index is 2.48. The van der Waals surface area contributed by atoms with Crippen molar-refractivity contribution >= 4 is 5.91 Å². The molecule has 0 atom stereocenters. The van der Waals surface area contributed by atoms with Gasteiger partial charge in [-0.05, 0) is 13.8 Å². The first-order chi connectivity index (χ1) is 3.54. The van der Waals surface area contributed by atoms with E-state index in [1.807, 2.05) is 4.90 Å². The van der Waals surface area contributed by atoms with Gasteiger partial charge in [0.1, 0.15) is 0 Å². The smallest absolute Gasteiger partial charge is 0.220 e. The normalized spacial score (nSPS) is 23.1. The quantitative estimate of drug-likeness (QED) is 0.422. The fourth-order valence-electron chi connectivity index (χ4n) is 0.889. The minimum absolute atomic E-state index is 0.172. The average Bonchev–Trinajstić information content (AvgIpc) is 2.13. The van der Waals surface area contributed by atoms with Crippen LogP contribution in [0.5, 0.6) is 0 Å². The standard InChI is InChI=1S/C6H11NO/c1-5(8)7-4-6(7,2)3/h4H2,1-3H3. The van der Waals surface area contributed by atoms with Gasteiger partial charge in [-0.15, -0.1) is 0 Å². The Bertz CT molecular complexity index is 128. The van der Waals surface area contributed by atoms with Crippen molar-refractivity contribution in [3.8, 4) is 0 Å². The van der Waals surface area contributed by atoms with Crippen LogP contribution in [0.15, 0.2) is 0 Å². The lowest BCUT2D eigenvalue weighted by molar-refractivity contribution is -0.124. The second-order valence-electron chi connectivity index (χ2n) is 2.92. The summed E-state index contributed by atoms with van der Waals surface area (Å²) in [5.74, 6) is 0.190. The molecule has 0 aromatic heterocycles. The molecule has 0 N–H and O–H groups in total. The zero-order valence-electron chi connectivity index (χ0n) is 5.56. The molecule has 1 amide bonds. The van der Waals surface area contributed by atoms with Crippen molar-refractivity contribution in [2.75, 3.05) is 6.54 Å². The molecule has 0 saturated carbocycles. The zero-order valence-corrected chi connectivity index (χ0v) is 5.56. The third-order valence-electron chi connectivity index (χ3n) is 1.55. The summed E-state index contributed by atoms with van der Waals surface area (Å²) in [5, 5.41) is 0. The molecule has 0 aromatic carbocycles. The number of hydrogen-bond acceptors (Lipinski definition) is 1. The van der Waals surface area contributed by atoms with E-state index in [0.717, 1.165) is 6.54 Å². The van der Waals surface area contributed by atoms with E-state index in [2.05, 4.69) is 13.8 Å². The molecule has 2 nitrogen and oxygen atoms in total. The predicted octanol–water partition coefficient (Wildman–Crippen LogP) is 0.627. The topological polar surface area (TPSA) is 20.1 Å². The predicted molar refractivity (Wildman–Crippen MR) is 31.5 cm³/mol. The molecule has 0 spiro atoms. The summed E-state index contributed by atoms with van der Waals surface area (Å²) in [5.41, 5.74) is 0.172. The van der Waals surface area contributed by atoms with Gasteiger partial charge in [0.05, 0.1) is 5.54 Å². The van der Waals surface area contributed by atoms with Crippen LogP contribution >= 0.6 is 0 Å². The highest BCUT2D eigenvalue weighted by Crippen LogP contribution is 2.29. The molecular weight excluding hydrogens is 102 g/mol. The Morgan fingerprint density at radius 3 is 2.00 bits per heavy atom. The fraction of sp³-hybridized carbons (Fsp3) is 0.833. The summed E-state index contributed by atoms with van der Waals surface area (Å²) >= 11 is 0. The summed E-state index contributed by atoms with van der Waals surface area (Å²) in [7, 11) is 0. The van der Waals surface area contributed by atoms with E-state index >= 15 is 0 Å². The van der Waals surface area contributed by atoms with Crippen LogP contribution in [-0.4, -0.2) is 22.9 Å². The van der Waals surface area contributed by atoms with Crippen molar-refractivity contribution in [3.05, 3.63) is 0 Å². The fourth-order valence-corrected chi connectivity index (χ4v) is 0.889. The molecule has 0 radical (unpaired) electrons. The van der Waals surface area contributed by atoms with E-state index in [9.17, 15) is 4.79 Å². The number of amides is 1. The maximum Gasteiger partial charge on any atom is 0.220 e. The van der Waals surface area contributed by atoms with E-state index in [-0.39, 0.29) is 11.4 Å². The zero-order chi connectivity index (χ0) is 6.36. The Kier molecular flexibility index (Phi) is 0.872. The highest BCUT2D eigenvalue weighted by molar-refractivity contribution is 5.77. The maximum absolute atomic E-state index is 10.5. The van der Waals surface area contributed by atoms with Crippen LogP contribution < -0.4 is 0 Å². The minimum Gasteiger partial charge on any atom is -0.334 e. The van der Waals surface area contributed by atoms with E-state index in [1.165, 1.54) is 0 Å². The van der Waals surface area contributed by atoms with Crippen molar-refractivity contribution in [3.63, 3.8) is 0 Å². The molecule has 1 rings (SSSR count). The van der Waals surface area contributed by atoms with Gasteiger partial charge in [-0.1, -0.05) is 0 Å². The third-order valence-corrected chi connectivity index (χ3v) is 1.55. The Morgan fingerprint density at radius 1 is 1.62 bits per heavy atom. The molecule has 2 heteroatoms. The van der Waals surface area contributed by atoms with Crippen LogP contribution in [0.25, 0.3) is 0 Å².